The van der Waals surface area contributed by atoms with Gasteiger partial charge in [-0.05, 0) is 50.7 Å². The largest absolute Gasteiger partial charge is 0.493 e. The molecule has 5 heteroatoms. The van der Waals surface area contributed by atoms with E-state index in [1.165, 1.54) is 25.7 Å². The van der Waals surface area contributed by atoms with Crippen LogP contribution in [0.3, 0.4) is 0 Å². The number of hydrogen-bond acceptors (Lipinski definition) is 3. The van der Waals surface area contributed by atoms with Crippen molar-refractivity contribution in [3.8, 4) is 5.75 Å². The van der Waals surface area contributed by atoms with Crippen LogP contribution in [-0.4, -0.2) is 54.4 Å². The highest BCUT2D eigenvalue weighted by Gasteiger charge is 2.37. The van der Waals surface area contributed by atoms with Crippen molar-refractivity contribution in [2.45, 2.75) is 51.5 Å². The summed E-state index contributed by atoms with van der Waals surface area (Å²) in [6.07, 6.45) is 6.59. The predicted octanol–water partition coefficient (Wildman–Crippen LogP) is 3.34. The molecule has 1 aliphatic carbocycles. The Morgan fingerprint density at radius 1 is 1.15 bits per heavy atom. The summed E-state index contributed by atoms with van der Waals surface area (Å²) in [5.41, 5.74) is 0.549. The van der Waals surface area contributed by atoms with Crippen molar-refractivity contribution < 1.29 is 14.3 Å². The Balaban J connectivity index is 1.71. The third-order valence-corrected chi connectivity index (χ3v) is 5.60. The molecule has 5 nitrogen and oxygen atoms in total. The number of nitrogens with zero attached hydrogens (tertiary/aromatic N) is 2. The predicted molar refractivity (Wildman–Crippen MR) is 101 cm³/mol. The highest BCUT2D eigenvalue weighted by Crippen LogP contribution is 2.28. The first kappa shape index (κ1) is 18.7. The molecule has 1 heterocycles. The van der Waals surface area contributed by atoms with E-state index in [2.05, 4.69) is 0 Å². The molecular formula is C21H30N2O3. The topological polar surface area (TPSA) is 49.9 Å². The number of likely N-dealkylation sites (N-methyl/N-ethyl adjacent to an activating group) is 1. The smallest absolute Gasteiger partial charge is 0.258 e. The van der Waals surface area contributed by atoms with Gasteiger partial charge < -0.3 is 14.5 Å². The molecule has 26 heavy (non-hydrogen) atoms. The van der Waals surface area contributed by atoms with Gasteiger partial charge in [-0.25, -0.2) is 0 Å². The SMILES string of the molecule is CCOc1ccccc1C(=O)N1CCCC1C(=O)N(C)CC1CCCC1. The third kappa shape index (κ3) is 4.02. The molecule has 1 saturated heterocycles. The summed E-state index contributed by atoms with van der Waals surface area (Å²) in [5.74, 6) is 1.20. The molecule has 3 rings (SSSR count). The fourth-order valence-corrected chi connectivity index (χ4v) is 4.27. The number of rotatable bonds is 6. The molecule has 0 aromatic heterocycles. The molecule has 0 N–H and O–H groups in total. The van der Waals surface area contributed by atoms with Crippen LogP contribution in [0.4, 0.5) is 0 Å². The molecule has 1 atom stereocenters. The fraction of sp³-hybridized carbons (Fsp3) is 0.619. The number of amides is 2. The molecule has 1 aliphatic heterocycles. The molecule has 1 aromatic carbocycles. The van der Waals surface area contributed by atoms with E-state index in [0.717, 1.165) is 19.4 Å². The van der Waals surface area contributed by atoms with Gasteiger partial charge in [0.15, 0.2) is 0 Å². The van der Waals surface area contributed by atoms with E-state index in [1.54, 1.807) is 11.0 Å². The zero-order chi connectivity index (χ0) is 18.5. The maximum Gasteiger partial charge on any atom is 0.258 e. The maximum absolute atomic E-state index is 13.1. The van der Waals surface area contributed by atoms with Crippen LogP contribution in [0, 0.1) is 5.92 Å². The van der Waals surface area contributed by atoms with E-state index in [0.29, 0.717) is 30.4 Å². The average Bonchev–Trinajstić information content (AvgIpc) is 3.33. The van der Waals surface area contributed by atoms with E-state index < -0.39 is 0 Å². The quantitative estimate of drug-likeness (QED) is 0.784. The van der Waals surface area contributed by atoms with Crippen LogP contribution in [0.25, 0.3) is 0 Å². The summed E-state index contributed by atoms with van der Waals surface area (Å²) in [7, 11) is 1.88. The van der Waals surface area contributed by atoms with Crippen LogP contribution < -0.4 is 4.74 Å². The summed E-state index contributed by atoms with van der Waals surface area (Å²) >= 11 is 0. The van der Waals surface area contributed by atoms with E-state index in [1.807, 2.05) is 37.1 Å². The molecule has 2 fully saturated rings. The number of para-hydroxylation sites is 1. The second-order valence-electron chi connectivity index (χ2n) is 7.45. The molecule has 1 aromatic rings. The Morgan fingerprint density at radius 2 is 1.88 bits per heavy atom. The van der Waals surface area contributed by atoms with Crippen molar-refractivity contribution in [2.24, 2.45) is 5.92 Å². The molecule has 0 spiro atoms. The summed E-state index contributed by atoms with van der Waals surface area (Å²) in [6, 6.07) is 6.97. The van der Waals surface area contributed by atoms with E-state index in [4.69, 9.17) is 4.74 Å². The fourth-order valence-electron chi connectivity index (χ4n) is 4.27. The molecule has 0 bridgehead atoms. The minimum atomic E-state index is -0.344. The highest BCUT2D eigenvalue weighted by atomic mass is 16.5. The van der Waals surface area contributed by atoms with Gasteiger partial charge in [0.25, 0.3) is 5.91 Å². The Morgan fingerprint density at radius 3 is 2.62 bits per heavy atom. The van der Waals surface area contributed by atoms with Crippen LogP contribution in [-0.2, 0) is 4.79 Å². The molecule has 0 radical (unpaired) electrons. The first-order valence-electron chi connectivity index (χ1n) is 9.89. The Labute approximate surface area is 156 Å². The number of carbonyl (C=O) groups excluding carboxylic acids is 2. The number of benzene rings is 1. The highest BCUT2D eigenvalue weighted by molar-refractivity contribution is 6.00. The Bertz CT molecular complexity index is 640. The lowest BCUT2D eigenvalue weighted by Gasteiger charge is -2.29. The molecule has 1 saturated carbocycles. The summed E-state index contributed by atoms with van der Waals surface area (Å²) < 4.78 is 5.61. The van der Waals surface area contributed by atoms with Crippen molar-refractivity contribution >= 4 is 11.8 Å². The van der Waals surface area contributed by atoms with Crippen LogP contribution in [0.2, 0.25) is 0 Å². The first-order valence-corrected chi connectivity index (χ1v) is 9.89. The van der Waals surface area contributed by atoms with Crippen LogP contribution >= 0.6 is 0 Å². The normalized spacial score (nSPS) is 20.4. The summed E-state index contributed by atoms with van der Waals surface area (Å²) in [6.45, 7) is 3.86. The number of hydrogen-bond donors (Lipinski definition) is 0. The lowest BCUT2D eigenvalue weighted by molar-refractivity contribution is -0.134. The van der Waals surface area contributed by atoms with E-state index >= 15 is 0 Å². The van der Waals surface area contributed by atoms with Gasteiger partial charge in [0.2, 0.25) is 5.91 Å². The minimum Gasteiger partial charge on any atom is -0.493 e. The van der Waals surface area contributed by atoms with Gasteiger partial charge in [0.1, 0.15) is 11.8 Å². The third-order valence-electron chi connectivity index (χ3n) is 5.60. The monoisotopic (exact) mass is 358 g/mol. The van der Waals surface area contributed by atoms with E-state index in [-0.39, 0.29) is 17.9 Å². The number of likely N-dealkylation sites (tertiary alicyclic amines) is 1. The van der Waals surface area contributed by atoms with Crippen molar-refractivity contribution in [3.05, 3.63) is 29.8 Å². The lowest BCUT2D eigenvalue weighted by Crippen LogP contribution is -2.47. The van der Waals surface area contributed by atoms with Gasteiger partial charge in [-0.2, -0.15) is 0 Å². The zero-order valence-corrected chi connectivity index (χ0v) is 15.9. The second-order valence-corrected chi connectivity index (χ2v) is 7.45. The second kappa shape index (κ2) is 8.56. The standard InChI is InChI=1S/C21H30N2O3/c1-3-26-19-13-7-6-11-17(19)20(24)23-14-8-12-18(23)21(25)22(2)15-16-9-4-5-10-16/h6-7,11,13,16,18H,3-5,8-10,12,14-15H2,1-2H3. The molecular weight excluding hydrogens is 328 g/mol. The van der Waals surface area contributed by atoms with Gasteiger partial charge in [-0.15, -0.1) is 0 Å². The van der Waals surface area contributed by atoms with Gasteiger partial charge >= 0.3 is 0 Å². The first-order chi connectivity index (χ1) is 12.6. The Hall–Kier alpha value is -2.04. The van der Waals surface area contributed by atoms with Crippen molar-refractivity contribution in [3.63, 3.8) is 0 Å². The van der Waals surface area contributed by atoms with Gasteiger partial charge in [-0.3, -0.25) is 9.59 Å². The summed E-state index contributed by atoms with van der Waals surface area (Å²) in [4.78, 5) is 29.7. The summed E-state index contributed by atoms with van der Waals surface area (Å²) in [5, 5.41) is 0. The number of carbonyl (C=O) groups is 2. The van der Waals surface area contributed by atoms with Crippen LogP contribution in [0.15, 0.2) is 24.3 Å². The lowest BCUT2D eigenvalue weighted by atomic mass is 10.1. The zero-order valence-electron chi connectivity index (χ0n) is 15.9. The van der Waals surface area contributed by atoms with Crippen molar-refractivity contribution in [1.82, 2.24) is 9.80 Å². The van der Waals surface area contributed by atoms with Gasteiger partial charge in [-0.1, -0.05) is 25.0 Å². The molecule has 2 aliphatic rings. The average molecular weight is 358 g/mol. The van der Waals surface area contributed by atoms with Gasteiger partial charge in [0.05, 0.1) is 12.2 Å². The van der Waals surface area contributed by atoms with Gasteiger partial charge in [0, 0.05) is 20.1 Å². The van der Waals surface area contributed by atoms with Crippen LogP contribution in [0.1, 0.15) is 55.8 Å². The Kier molecular flexibility index (Phi) is 6.17. The molecule has 142 valence electrons. The number of ether oxygens (including phenoxy) is 1. The van der Waals surface area contributed by atoms with Crippen molar-refractivity contribution in [1.29, 1.82) is 0 Å². The van der Waals surface area contributed by atoms with Crippen molar-refractivity contribution in [2.75, 3.05) is 26.7 Å². The molecule has 2 amide bonds. The molecule has 1 unspecified atom stereocenters. The minimum absolute atomic E-state index is 0.0802. The van der Waals surface area contributed by atoms with Crippen LogP contribution in [0.5, 0.6) is 5.75 Å². The maximum atomic E-state index is 13.1. The van der Waals surface area contributed by atoms with E-state index in [9.17, 15) is 9.59 Å².